The quantitative estimate of drug-likeness (QED) is 0.620. The van der Waals surface area contributed by atoms with Crippen molar-refractivity contribution in [3.8, 4) is 0 Å². The second kappa shape index (κ2) is 6.00. The minimum Gasteiger partial charge on any atom is -0.466 e. The van der Waals surface area contributed by atoms with E-state index in [1.807, 2.05) is 6.92 Å². The zero-order valence-corrected chi connectivity index (χ0v) is 11.1. The third kappa shape index (κ3) is 3.10. The number of carbonyl (C=O) groups is 1. The molecule has 0 aliphatic carbocycles. The molecule has 0 bridgehead atoms. The Morgan fingerprint density at radius 3 is 2.83 bits per heavy atom. The fraction of sp³-hybridized carbons (Fsp3) is 0.583. The molecule has 1 aromatic heterocycles. The maximum Gasteiger partial charge on any atom is 0.309 e. The number of anilines is 1. The maximum atomic E-state index is 11.6. The van der Waals surface area contributed by atoms with Crippen molar-refractivity contribution in [3.63, 3.8) is 0 Å². The summed E-state index contributed by atoms with van der Waals surface area (Å²) in [5, 5.41) is 0.438. The van der Waals surface area contributed by atoms with Crippen LogP contribution in [-0.4, -0.2) is 35.6 Å². The van der Waals surface area contributed by atoms with Gasteiger partial charge in [0.2, 0.25) is 0 Å². The molecule has 6 heteroatoms. The topological polar surface area (TPSA) is 55.3 Å². The van der Waals surface area contributed by atoms with Gasteiger partial charge in [-0.1, -0.05) is 11.6 Å². The SMILES string of the molecule is CCOC(=O)C1CCN(c2cc(Cl)ncn2)CC1. The molecule has 1 aliphatic rings. The van der Waals surface area contributed by atoms with Crippen LogP contribution in [0.3, 0.4) is 0 Å². The zero-order chi connectivity index (χ0) is 13.0. The second-order valence-electron chi connectivity index (χ2n) is 4.21. The van der Waals surface area contributed by atoms with Crippen molar-refractivity contribution < 1.29 is 9.53 Å². The van der Waals surface area contributed by atoms with Gasteiger partial charge < -0.3 is 9.64 Å². The fourth-order valence-electron chi connectivity index (χ4n) is 2.10. The van der Waals surface area contributed by atoms with Crippen molar-refractivity contribution in [1.82, 2.24) is 9.97 Å². The van der Waals surface area contributed by atoms with E-state index in [0.717, 1.165) is 31.7 Å². The molecule has 1 aliphatic heterocycles. The van der Waals surface area contributed by atoms with E-state index >= 15 is 0 Å². The van der Waals surface area contributed by atoms with Crippen molar-refractivity contribution in [1.29, 1.82) is 0 Å². The smallest absolute Gasteiger partial charge is 0.309 e. The minimum absolute atomic E-state index is 0.0125. The van der Waals surface area contributed by atoms with E-state index in [1.54, 1.807) is 6.07 Å². The molecule has 0 aromatic carbocycles. The normalized spacial score (nSPS) is 16.7. The van der Waals surface area contributed by atoms with Crippen LogP contribution in [0.5, 0.6) is 0 Å². The van der Waals surface area contributed by atoms with Crippen molar-refractivity contribution in [2.45, 2.75) is 19.8 Å². The predicted molar refractivity (Wildman–Crippen MR) is 68.6 cm³/mol. The lowest BCUT2D eigenvalue weighted by Gasteiger charge is -2.31. The van der Waals surface area contributed by atoms with E-state index in [4.69, 9.17) is 16.3 Å². The lowest BCUT2D eigenvalue weighted by molar-refractivity contribution is -0.148. The van der Waals surface area contributed by atoms with Crippen LogP contribution in [0.2, 0.25) is 5.15 Å². The molecule has 2 rings (SSSR count). The summed E-state index contributed by atoms with van der Waals surface area (Å²) in [4.78, 5) is 21.8. The lowest BCUT2D eigenvalue weighted by Crippen LogP contribution is -2.37. The number of ether oxygens (including phenoxy) is 1. The van der Waals surface area contributed by atoms with Crippen LogP contribution < -0.4 is 4.90 Å². The highest BCUT2D eigenvalue weighted by molar-refractivity contribution is 6.29. The highest BCUT2D eigenvalue weighted by atomic mass is 35.5. The summed E-state index contributed by atoms with van der Waals surface area (Å²) in [5.74, 6) is 0.744. The van der Waals surface area contributed by atoms with Crippen molar-refractivity contribution in [3.05, 3.63) is 17.5 Å². The Balaban J connectivity index is 1.92. The van der Waals surface area contributed by atoms with E-state index in [9.17, 15) is 4.79 Å². The summed E-state index contributed by atoms with van der Waals surface area (Å²) in [6.45, 7) is 3.85. The molecular weight excluding hydrogens is 254 g/mol. The fourth-order valence-corrected chi connectivity index (χ4v) is 2.24. The number of hydrogen-bond acceptors (Lipinski definition) is 5. The van der Waals surface area contributed by atoms with Crippen LogP contribution in [0.15, 0.2) is 12.4 Å². The predicted octanol–water partition coefficient (Wildman–Crippen LogP) is 1.91. The van der Waals surface area contributed by atoms with Gasteiger partial charge in [0.15, 0.2) is 0 Å². The van der Waals surface area contributed by atoms with Crippen LogP contribution in [0.4, 0.5) is 5.82 Å². The van der Waals surface area contributed by atoms with Crippen LogP contribution >= 0.6 is 11.6 Å². The Hall–Kier alpha value is -1.36. The van der Waals surface area contributed by atoms with Crippen LogP contribution in [0.1, 0.15) is 19.8 Å². The van der Waals surface area contributed by atoms with Gasteiger partial charge in [0.05, 0.1) is 12.5 Å². The standard InChI is InChI=1S/C12H16ClN3O2/c1-2-18-12(17)9-3-5-16(6-4-9)11-7-10(13)14-8-15-11/h7-9H,2-6H2,1H3. The number of esters is 1. The molecule has 5 nitrogen and oxygen atoms in total. The van der Waals surface area contributed by atoms with Gasteiger partial charge in [-0.25, -0.2) is 9.97 Å². The summed E-state index contributed by atoms with van der Waals surface area (Å²) in [5.41, 5.74) is 0. The van der Waals surface area contributed by atoms with Gasteiger partial charge in [0, 0.05) is 19.2 Å². The first-order chi connectivity index (χ1) is 8.70. The molecule has 0 amide bonds. The van der Waals surface area contributed by atoms with E-state index in [0.29, 0.717) is 11.8 Å². The largest absolute Gasteiger partial charge is 0.466 e. The Kier molecular flexibility index (Phi) is 4.36. The first kappa shape index (κ1) is 13.1. The molecule has 1 fully saturated rings. The highest BCUT2D eigenvalue weighted by Crippen LogP contribution is 2.23. The molecule has 1 aromatic rings. The number of nitrogens with zero attached hydrogens (tertiary/aromatic N) is 3. The highest BCUT2D eigenvalue weighted by Gasteiger charge is 2.26. The van der Waals surface area contributed by atoms with Gasteiger partial charge in [-0.2, -0.15) is 0 Å². The Bertz CT molecular complexity index is 420. The molecule has 0 unspecified atom stereocenters. The Morgan fingerprint density at radius 2 is 2.22 bits per heavy atom. The van der Waals surface area contributed by atoms with Crippen LogP contribution in [-0.2, 0) is 9.53 Å². The summed E-state index contributed by atoms with van der Waals surface area (Å²) >= 11 is 5.83. The monoisotopic (exact) mass is 269 g/mol. The molecule has 0 saturated carbocycles. The number of aromatic nitrogens is 2. The van der Waals surface area contributed by atoms with Gasteiger partial charge in [0.1, 0.15) is 17.3 Å². The Labute approximate surface area is 111 Å². The molecule has 0 spiro atoms. The molecule has 98 valence electrons. The summed E-state index contributed by atoms with van der Waals surface area (Å²) in [6.07, 6.45) is 3.04. The number of halogens is 1. The molecule has 0 N–H and O–H groups in total. The summed E-state index contributed by atoms with van der Waals surface area (Å²) in [6, 6.07) is 1.74. The first-order valence-electron chi connectivity index (χ1n) is 6.10. The summed E-state index contributed by atoms with van der Waals surface area (Å²) in [7, 11) is 0. The van der Waals surface area contributed by atoms with E-state index in [1.165, 1.54) is 6.33 Å². The van der Waals surface area contributed by atoms with Gasteiger partial charge >= 0.3 is 5.97 Å². The number of rotatable bonds is 3. The molecular formula is C12H16ClN3O2. The third-order valence-electron chi connectivity index (χ3n) is 3.06. The molecule has 0 atom stereocenters. The molecule has 1 saturated heterocycles. The second-order valence-corrected chi connectivity index (χ2v) is 4.60. The maximum absolute atomic E-state index is 11.6. The van der Waals surface area contributed by atoms with E-state index in [2.05, 4.69) is 14.9 Å². The van der Waals surface area contributed by atoms with Crippen molar-refractivity contribution >= 4 is 23.4 Å². The Morgan fingerprint density at radius 1 is 1.50 bits per heavy atom. The van der Waals surface area contributed by atoms with Crippen molar-refractivity contribution in [2.24, 2.45) is 5.92 Å². The molecule has 2 heterocycles. The van der Waals surface area contributed by atoms with Crippen LogP contribution in [0, 0.1) is 5.92 Å². The van der Waals surface area contributed by atoms with Gasteiger partial charge in [-0.05, 0) is 19.8 Å². The average Bonchev–Trinajstić information content (AvgIpc) is 2.39. The van der Waals surface area contributed by atoms with Crippen LogP contribution in [0.25, 0.3) is 0 Å². The minimum atomic E-state index is -0.0853. The first-order valence-corrected chi connectivity index (χ1v) is 6.47. The zero-order valence-electron chi connectivity index (χ0n) is 10.3. The van der Waals surface area contributed by atoms with Gasteiger partial charge in [0.25, 0.3) is 0 Å². The molecule has 18 heavy (non-hydrogen) atoms. The van der Waals surface area contributed by atoms with E-state index < -0.39 is 0 Å². The average molecular weight is 270 g/mol. The van der Waals surface area contributed by atoms with E-state index in [-0.39, 0.29) is 11.9 Å². The van der Waals surface area contributed by atoms with Gasteiger partial charge in [-0.15, -0.1) is 0 Å². The number of piperidine rings is 1. The molecule has 0 radical (unpaired) electrons. The number of hydrogen-bond donors (Lipinski definition) is 0. The lowest BCUT2D eigenvalue weighted by atomic mass is 9.97. The number of carbonyl (C=O) groups excluding carboxylic acids is 1. The van der Waals surface area contributed by atoms with Crippen molar-refractivity contribution in [2.75, 3.05) is 24.6 Å². The summed E-state index contributed by atoms with van der Waals surface area (Å²) < 4.78 is 5.04. The van der Waals surface area contributed by atoms with Gasteiger partial charge in [-0.3, -0.25) is 4.79 Å². The third-order valence-corrected chi connectivity index (χ3v) is 3.26.